The van der Waals surface area contributed by atoms with Gasteiger partial charge in [-0.3, -0.25) is 0 Å². The first kappa shape index (κ1) is 17.8. The van der Waals surface area contributed by atoms with Crippen LogP contribution in [0, 0.1) is 11.8 Å². The highest BCUT2D eigenvalue weighted by molar-refractivity contribution is 6.10. The molecule has 0 saturated carbocycles. The minimum atomic E-state index is 0.189. The predicted octanol–water partition coefficient (Wildman–Crippen LogP) is 4.20. The maximum absolute atomic E-state index is 6.12. The van der Waals surface area contributed by atoms with E-state index in [-0.39, 0.29) is 5.95 Å². The van der Waals surface area contributed by atoms with Crippen LogP contribution in [0.25, 0.3) is 21.8 Å². The van der Waals surface area contributed by atoms with E-state index in [0.717, 1.165) is 39.5 Å². The molecule has 0 amide bonds. The second kappa shape index (κ2) is 7.26. The lowest BCUT2D eigenvalue weighted by Crippen LogP contribution is -2.01. The smallest absolute Gasteiger partial charge is 0.222 e. The van der Waals surface area contributed by atoms with E-state index in [1.165, 1.54) is 5.56 Å². The monoisotopic (exact) mass is 389 g/mol. The maximum atomic E-state index is 6.12. The molecule has 0 aliphatic carbocycles. The van der Waals surface area contributed by atoms with Gasteiger partial charge < -0.3 is 16.0 Å². The lowest BCUT2D eigenvalue weighted by molar-refractivity contribution is 0.837. The number of nitrogen functional groups attached to an aromatic ring is 2. The predicted molar refractivity (Wildman–Crippen MR) is 122 cm³/mol. The second-order valence-corrected chi connectivity index (χ2v) is 7.12. The summed E-state index contributed by atoms with van der Waals surface area (Å²) in [6, 6.07) is 24.4. The molecule has 0 fully saturated rings. The van der Waals surface area contributed by atoms with Crippen LogP contribution in [0.15, 0.2) is 79.0 Å². The Labute approximate surface area is 174 Å². The third-order valence-electron chi connectivity index (χ3n) is 5.09. The number of nitrogens with zero attached hydrogens (tertiary/aromatic N) is 3. The minimum Gasteiger partial charge on any atom is -0.383 e. The zero-order chi connectivity index (χ0) is 20.5. The fraction of sp³-hybridized carbons (Fsp3) is 0.0400. The van der Waals surface area contributed by atoms with Crippen molar-refractivity contribution in [2.75, 3.05) is 11.5 Å². The van der Waals surface area contributed by atoms with Crippen LogP contribution in [0.4, 0.5) is 11.8 Å². The molecule has 5 rings (SSSR count). The van der Waals surface area contributed by atoms with Crippen LogP contribution in [-0.4, -0.2) is 14.5 Å². The van der Waals surface area contributed by atoms with Gasteiger partial charge in [0.05, 0.1) is 10.9 Å². The fourth-order valence-electron chi connectivity index (χ4n) is 3.64. The highest BCUT2D eigenvalue weighted by Gasteiger charge is 2.11. The number of rotatable bonds is 2. The Morgan fingerprint density at radius 2 is 1.50 bits per heavy atom. The lowest BCUT2D eigenvalue weighted by atomic mass is 10.1. The van der Waals surface area contributed by atoms with Crippen molar-refractivity contribution >= 4 is 33.6 Å². The summed E-state index contributed by atoms with van der Waals surface area (Å²) < 4.78 is 2.19. The van der Waals surface area contributed by atoms with Gasteiger partial charge in [-0.15, -0.1) is 0 Å². The molecule has 0 bridgehead atoms. The Morgan fingerprint density at radius 1 is 0.767 bits per heavy atom. The van der Waals surface area contributed by atoms with Crippen LogP contribution in [0.3, 0.4) is 0 Å². The van der Waals surface area contributed by atoms with Crippen LogP contribution < -0.4 is 11.5 Å². The highest BCUT2D eigenvalue weighted by Crippen LogP contribution is 2.29. The number of fused-ring (bicyclic) bond motifs is 3. The van der Waals surface area contributed by atoms with Gasteiger partial charge in [0.1, 0.15) is 5.82 Å². The van der Waals surface area contributed by atoms with Crippen molar-refractivity contribution < 1.29 is 0 Å². The Bertz CT molecular complexity index is 1420. The molecule has 0 unspecified atom stereocenters. The lowest BCUT2D eigenvalue weighted by Gasteiger charge is -2.08. The molecular formula is C25H19N5. The number of hydrogen-bond acceptors (Lipinski definition) is 4. The molecular weight excluding hydrogens is 370 g/mol. The minimum absolute atomic E-state index is 0.189. The topological polar surface area (TPSA) is 82.7 Å². The Balaban J connectivity index is 1.43. The van der Waals surface area contributed by atoms with E-state index in [1.807, 2.05) is 48.5 Å². The average Bonchev–Trinajstić information content (AvgIpc) is 3.16. The Kier molecular flexibility index (Phi) is 4.30. The van der Waals surface area contributed by atoms with Gasteiger partial charge in [0.25, 0.3) is 0 Å². The molecule has 0 aliphatic rings. The zero-order valence-corrected chi connectivity index (χ0v) is 16.2. The van der Waals surface area contributed by atoms with E-state index in [0.29, 0.717) is 5.82 Å². The van der Waals surface area contributed by atoms with Crippen LogP contribution >= 0.6 is 0 Å². The SMILES string of the molecule is Nc1nc(N)c2c(ccc3c2ccn3Cc2ccc(C#Cc3ccccc3)cc2)n1. The largest absolute Gasteiger partial charge is 0.383 e. The van der Waals surface area contributed by atoms with E-state index in [2.05, 4.69) is 56.8 Å². The molecule has 0 atom stereocenters. The first-order valence-electron chi connectivity index (χ1n) is 9.64. The van der Waals surface area contributed by atoms with Crippen molar-refractivity contribution in [2.24, 2.45) is 0 Å². The fourth-order valence-corrected chi connectivity index (χ4v) is 3.64. The summed E-state index contributed by atoms with van der Waals surface area (Å²) in [5, 5.41) is 1.86. The Morgan fingerprint density at radius 3 is 2.27 bits per heavy atom. The third-order valence-corrected chi connectivity index (χ3v) is 5.09. The molecule has 3 aromatic carbocycles. The van der Waals surface area contributed by atoms with Crippen molar-refractivity contribution in [2.45, 2.75) is 6.54 Å². The van der Waals surface area contributed by atoms with Gasteiger partial charge in [0.15, 0.2) is 0 Å². The molecule has 0 spiro atoms. The summed E-state index contributed by atoms with van der Waals surface area (Å²) >= 11 is 0. The van der Waals surface area contributed by atoms with E-state index >= 15 is 0 Å². The average molecular weight is 389 g/mol. The van der Waals surface area contributed by atoms with Crippen LogP contribution in [0.5, 0.6) is 0 Å². The van der Waals surface area contributed by atoms with Crippen molar-refractivity contribution in [3.05, 3.63) is 95.7 Å². The molecule has 2 aromatic heterocycles. The first-order chi connectivity index (χ1) is 14.7. The summed E-state index contributed by atoms with van der Waals surface area (Å²) in [5.41, 5.74) is 16.9. The van der Waals surface area contributed by atoms with Crippen molar-refractivity contribution in [1.82, 2.24) is 14.5 Å². The molecule has 5 aromatic rings. The summed E-state index contributed by atoms with van der Waals surface area (Å²) in [6.45, 7) is 0.747. The second-order valence-electron chi connectivity index (χ2n) is 7.12. The van der Waals surface area contributed by atoms with Crippen LogP contribution in [0.2, 0.25) is 0 Å². The molecule has 4 N–H and O–H groups in total. The molecule has 144 valence electrons. The number of nitrogens with two attached hydrogens (primary N) is 2. The van der Waals surface area contributed by atoms with E-state index < -0.39 is 0 Å². The maximum Gasteiger partial charge on any atom is 0.222 e. The van der Waals surface area contributed by atoms with Gasteiger partial charge in [0, 0.05) is 34.8 Å². The molecule has 5 heteroatoms. The molecule has 30 heavy (non-hydrogen) atoms. The number of hydrogen-bond donors (Lipinski definition) is 2. The summed E-state index contributed by atoms with van der Waals surface area (Å²) in [4.78, 5) is 8.41. The summed E-state index contributed by atoms with van der Waals surface area (Å²) in [5.74, 6) is 7.00. The van der Waals surface area contributed by atoms with Crippen LogP contribution in [-0.2, 0) is 6.54 Å². The standard InChI is InChI=1S/C25H19N5/c26-24-23-20-14-15-30(22(20)13-12-21(23)28-25(27)29-24)16-19-10-8-18(9-11-19)7-6-17-4-2-1-3-5-17/h1-5,8-15H,16H2,(H4,26,27,28,29). The number of anilines is 2. The number of benzene rings is 3. The first-order valence-corrected chi connectivity index (χ1v) is 9.64. The van der Waals surface area contributed by atoms with E-state index in [9.17, 15) is 0 Å². The van der Waals surface area contributed by atoms with Crippen molar-refractivity contribution in [3.8, 4) is 11.8 Å². The quantitative estimate of drug-likeness (QED) is 0.443. The highest BCUT2D eigenvalue weighted by atomic mass is 15.0. The van der Waals surface area contributed by atoms with E-state index in [1.54, 1.807) is 0 Å². The van der Waals surface area contributed by atoms with Gasteiger partial charge in [-0.05, 0) is 48.0 Å². The van der Waals surface area contributed by atoms with Gasteiger partial charge in [-0.25, -0.2) is 4.98 Å². The molecule has 5 nitrogen and oxygen atoms in total. The van der Waals surface area contributed by atoms with Crippen molar-refractivity contribution in [3.63, 3.8) is 0 Å². The summed E-state index contributed by atoms with van der Waals surface area (Å²) in [6.07, 6.45) is 2.06. The Hall–Kier alpha value is -4.30. The van der Waals surface area contributed by atoms with Gasteiger partial charge in [-0.1, -0.05) is 42.2 Å². The summed E-state index contributed by atoms with van der Waals surface area (Å²) in [7, 11) is 0. The van der Waals surface area contributed by atoms with Gasteiger partial charge in [-0.2, -0.15) is 4.98 Å². The molecule has 2 heterocycles. The normalized spacial score (nSPS) is 10.8. The van der Waals surface area contributed by atoms with E-state index in [4.69, 9.17) is 11.5 Å². The van der Waals surface area contributed by atoms with Gasteiger partial charge >= 0.3 is 0 Å². The van der Waals surface area contributed by atoms with Crippen LogP contribution in [0.1, 0.15) is 16.7 Å². The molecule has 0 radical (unpaired) electrons. The third kappa shape index (κ3) is 3.31. The molecule has 0 saturated heterocycles. The van der Waals surface area contributed by atoms with Crippen molar-refractivity contribution in [1.29, 1.82) is 0 Å². The zero-order valence-electron chi connectivity index (χ0n) is 16.2. The number of aromatic nitrogens is 3. The molecule has 0 aliphatic heterocycles. The van der Waals surface area contributed by atoms with Gasteiger partial charge in [0.2, 0.25) is 5.95 Å².